The maximum atomic E-state index is 4.84. The SMILES string of the molecule is CCNCc1cncc(-c2cnc3[nH]nc(-c4nc5ccc6ccccc6c5[nH]4)c3c2)c1C. The van der Waals surface area contributed by atoms with Gasteiger partial charge in [-0.2, -0.15) is 5.10 Å². The lowest BCUT2D eigenvalue weighted by Gasteiger charge is -2.11. The Kier molecular flexibility index (Phi) is 4.62. The summed E-state index contributed by atoms with van der Waals surface area (Å²) in [5.41, 5.74) is 7.89. The molecule has 3 N–H and O–H groups in total. The molecule has 0 atom stereocenters. The van der Waals surface area contributed by atoms with Crippen LogP contribution in [0.3, 0.4) is 0 Å². The minimum Gasteiger partial charge on any atom is -0.336 e. The molecule has 162 valence electrons. The van der Waals surface area contributed by atoms with Crippen LogP contribution in [-0.4, -0.2) is 36.7 Å². The largest absolute Gasteiger partial charge is 0.336 e. The van der Waals surface area contributed by atoms with Crippen molar-refractivity contribution in [1.82, 2.24) is 35.5 Å². The first-order valence-electron chi connectivity index (χ1n) is 11.1. The van der Waals surface area contributed by atoms with Gasteiger partial charge in [-0.1, -0.05) is 37.3 Å². The van der Waals surface area contributed by atoms with E-state index in [2.05, 4.69) is 68.6 Å². The van der Waals surface area contributed by atoms with Crippen molar-refractivity contribution in [2.75, 3.05) is 6.54 Å². The second-order valence-electron chi connectivity index (χ2n) is 8.21. The molecule has 2 aromatic carbocycles. The minimum atomic E-state index is 0.724. The zero-order chi connectivity index (χ0) is 22.4. The van der Waals surface area contributed by atoms with E-state index < -0.39 is 0 Å². The summed E-state index contributed by atoms with van der Waals surface area (Å²) in [6, 6.07) is 14.6. The molecule has 0 amide bonds. The van der Waals surface area contributed by atoms with Crippen molar-refractivity contribution in [2.24, 2.45) is 0 Å². The summed E-state index contributed by atoms with van der Waals surface area (Å²) in [7, 11) is 0. The molecule has 7 nitrogen and oxygen atoms in total. The number of nitrogens with one attached hydrogen (secondary N) is 3. The number of imidazole rings is 1. The van der Waals surface area contributed by atoms with Gasteiger partial charge in [0.1, 0.15) is 5.69 Å². The molecule has 7 heteroatoms. The second kappa shape index (κ2) is 7.79. The fraction of sp³-hybridized carbons (Fsp3) is 0.154. The van der Waals surface area contributed by atoms with Crippen molar-refractivity contribution in [1.29, 1.82) is 0 Å². The van der Waals surface area contributed by atoms with Gasteiger partial charge in [0.05, 0.1) is 16.4 Å². The summed E-state index contributed by atoms with van der Waals surface area (Å²) < 4.78 is 0. The number of benzene rings is 2. The van der Waals surface area contributed by atoms with Crippen molar-refractivity contribution >= 4 is 32.8 Å². The molecule has 0 bridgehead atoms. The first kappa shape index (κ1) is 19.6. The summed E-state index contributed by atoms with van der Waals surface area (Å²) in [6.07, 6.45) is 5.70. The van der Waals surface area contributed by atoms with Crippen LogP contribution in [0.1, 0.15) is 18.1 Å². The fourth-order valence-corrected chi connectivity index (χ4v) is 4.39. The number of nitrogens with zero attached hydrogens (tertiary/aromatic N) is 4. The molecule has 0 fully saturated rings. The third-order valence-corrected chi connectivity index (χ3v) is 6.22. The smallest absolute Gasteiger partial charge is 0.159 e. The zero-order valence-corrected chi connectivity index (χ0v) is 18.5. The molecule has 4 heterocycles. The lowest BCUT2D eigenvalue weighted by molar-refractivity contribution is 0.721. The maximum absolute atomic E-state index is 4.84. The Bertz CT molecular complexity index is 1630. The van der Waals surface area contributed by atoms with Gasteiger partial charge in [0.2, 0.25) is 0 Å². The molecule has 0 unspecified atom stereocenters. The van der Waals surface area contributed by atoms with Gasteiger partial charge in [0, 0.05) is 41.6 Å². The molecular weight excluding hydrogens is 410 g/mol. The van der Waals surface area contributed by atoms with E-state index in [1.807, 2.05) is 36.8 Å². The van der Waals surface area contributed by atoms with E-state index in [1.54, 1.807) is 0 Å². The highest BCUT2D eigenvalue weighted by molar-refractivity contribution is 6.05. The highest BCUT2D eigenvalue weighted by atomic mass is 15.2. The molecule has 0 saturated carbocycles. The summed E-state index contributed by atoms with van der Waals surface area (Å²) >= 11 is 0. The van der Waals surface area contributed by atoms with Gasteiger partial charge in [-0.3, -0.25) is 10.1 Å². The number of pyridine rings is 2. The summed E-state index contributed by atoms with van der Waals surface area (Å²) in [5, 5.41) is 14.2. The van der Waals surface area contributed by atoms with Crippen LogP contribution in [0.2, 0.25) is 0 Å². The van der Waals surface area contributed by atoms with Gasteiger partial charge < -0.3 is 10.3 Å². The van der Waals surface area contributed by atoms with E-state index in [0.717, 1.165) is 63.2 Å². The number of H-pyrrole nitrogens is 2. The molecule has 0 saturated heterocycles. The van der Waals surface area contributed by atoms with Crippen LogP contribution in [0.25, 0.3) is 55.5 Å². The highest BCUT2D eigenvalue weighted by Gasteiger charge is 2.16. The summed E-state index contributed by atoms with van der Waals surface area (Å²) in [5.74, 6) is 0.724. The standard InChI is InChI=1S/C26H23N7/c1-3-27-11-18-12-28-14-21(15(18)2)17-10-20-24(32-33-25(20)29-13-17)26-30-22-9-8-16-6-4-5-7-19(16)23(22)31-26/h4-10,12-14,27H,3,11H2,1-2H3,(H,30,31)(H,29,32,33). The first-order chi connectivity index (χ1) is 16.2. The normalized spacial score (nSPS) is 11.7. The molecule has 0 aliphatic carbocycles. The van der Waals surface area contributed by atoms with Crippen molar-refractivity contribution < 1.29 is 0 Å². The van der Waals surface area contributed by atoms with Crippen LogP contribution in [0.15, 0.2) is 61.1 Å². The summed E-state index contributed by atoms with van der Waals surface area (Å²) in [6.45, 7) is 5.95. The first-order valence-corrected chi connectivity index (χ1v) is 11.1. The van der Waals surface area contributed by atoms with E-state index in [1.165, 1.54) is 16.5 Å². The molecule has 0 aliphatic rings. The molecule has 6 aromatic rings. The van der Waals surface area contributed by atoms with Crippen LogP contribution in [0.5, 0.6) is 0 Å². The highest BCUT2D eigenvalue weighted by Crippen LogP contribution is 2.32. The van der Waals surface area contributed by atoms with Gasteiger partial charge in [-0.15, -0.1) is 0 Å². The number of aromatic nitrogens is 6. The molecule has 0 radical (unpaired) electrons. The number of aromatic amines is 2. The van der Waals surface area contributed by atoms with Gasteiger partial charge in [-0.25, -0.2) is 9.97 Å². The predicted molar refractivity (Wildman–Crippen MR) is 132 cm³/mol. The van der Waals surface area contributed by atoms with Crippen molar-refractivity contribution in [3.05, 3.63) is 72.2 Å². The molecule has 4 aromatic heterocycles. The Morgan fingerprint density at radius 1 is 1.00 bits per heavy atom. The van der Waals surface area contributed by atoms with Gasteiger partial charge in [-0.05, 0) is 42.1 Å². The van der Waals surface area contributed by atoms with Crippen molar-refractivity contribution in [3.63, 3.8) is 0 Å². The van der Waals surface area contributed by atoms with Crippen molar-refractivity contribution in [2.45, 2.75) is 20.4 Å². The Balaban J connectivity index is 1.48. The van der Waals surface area contributed by atoms with Crippen molar-refractivity contribution in [3.8, 4) is 22.6 Å². The van der Waals surface area contributed by atoms with E-state index in [-0.39, 0.29) is 0 Å². The van der Waals surface area contributed by atoms with E-state index >= 15 is 0 Å². The lowest BCUT2D eigenvalue weighted by atomic mass is 9.99. The average molecular weight is 434 g/mol. The summed E-state index contributed by atoms with van der Waals surface area (Å²) in [4.78, 5) is 17.4. The van der Waals surface area contributed by atoms with E-state index in [0.29, 0.717) is 0 Å². The Labute approximate surface area is 190 Å². The van der Waals surface area contributed by atoms with Crippen LogP contribution in [0, 0.1) is 6.92 Å². The molecular formula is C26H23N7. The van der Waals surface area contributed by atoms with Crippen LogP contribution in [0.4, 0.5) is 0 Å². The lowest BCUT2D eigenvalue weighted by Crippen LogP contribution is -2.13. The van der Waals surface area contributed by atoms with Gasteiger partial charge >= 0.3 is 0 Å². The van der Waals surface area contributed by atoms with E-state index in [4.69, 9.17) is 4.98 Å². The fourth-order valence-electron chi connectivity index (χ4n) is 4.39. The molecule has 0 spiro atoms. The molecule has 33 heavy (non-hydrogen) atoms. The Morgan fingerprint density at radius 3 is 2.82 bits per heavy atom. The monoisotopic (exact) mass is 433 g/mol. The third-order valence-electron chi connectivity index (χ3n) is 6.22. The van der Waals surface area contributed by atoms with Crippen LogP contribution >= 0.6 is 0 Å². The Hall–Kier alpha value is -4.10. The molecule has 6 rings (SSSR count). The number of hydrogen-bond acceptors (Lipinski definition) is 5. The average Bonchev–Trinajstić information content (AvgIpc) is 3.47. The Morgan fingerprint density at radius 2 is 1.91 bits per heavy atom. The minimum absolute atomic E-state index is 0.724. The van der Waals surface area contributed by atoms with Crippen LogP contribution in [-0.2, 0) is 6.54 Å². The topological polar surface area (TPSA) is 95.2 Å². The quantitative estimate of drug-likeness (QED) is 0.350. The second-order valence-corrected chi connectivity index (χ2v) is 8.21. The van der Waals surface area contributed by atoms with Gasteiger partial charge in [0.25, 0.3) is 0 Å². The predicted octanol–water partition coefficient (Wildman–Crippen LogP) is 5.13. The molecule has 0 aliphatic heterocycles. The van der Waals surface area contributed by atoms with Crippen LogP contribution < -0.4 is 5.32 Å². The maximum Gasteiger partial charge on any atom is 0.159 e. The third kappa shape index (κ3) is 3.25. The number of rotatable bonds is 5. The number of fused-ring (bicyclic) bond motifs is 4. The van der Waals surface area contributed by atoms with Gasteiger partial charge in [0.15, 0.2) is 11.5 Å². The number of hydrogen-bond donors (Lipinski definition) is 3. The van der Waals surface area contributed by atoms with E-state index in [9.17, 15) is 0 Å². The zero-order valence-electron chi connectivity index (χ0n) is 18.5.